The van der Waals surface area contributed by atoms with Gasteiger partial charge >= 0.3 is 0 Å². The van der Waals surface area contributed by atoms with Gasteiger partial charge in [-0.05, 0) is 12.0 Å². The van der Waals surface area contributed by atoms with Gasteiger partial charge in [0, 0.05) is 32.2 Å². The van der Waals surface area contributed by atoms with Gasteiger partial charge in [-0.15, -0.1) is 0 Å². The molecule has 6 heteroatoms. The Morgan fingerprint density at radius 3 is 2.94 bits per heavy atom. The van der Waals surface area contributed by atoms with Crippen molar-refractivity contribution in [2.24, 2.45) is 7.05 Å². The second kappa shape index (κ2) is 5.07. The summed E-state index contributed by atoms with van der Waals surface area (Å²) in [5, 5.41) is 16.0. The molecule has 0 radical (unpaired) electrons. The highest BCUT2D eigenvalue weighted by Crippen LogP contribution is 2.06. The van der Waals surface area contributed by atoms with E-state index in [0.717, 1.165) is 12.0 Å². The molecule has 0 unspecified atom stereocenters. The van der Waals surface area contributed by atoms with E-state index in [4.69, 9.17) is 5.26 Å². The Hall–Kier alpha value is -2.42. The van der Waals surface area contributed by atoms with Crippen LogP contribution in [-0.4, -0.2) is 26.3 Å². The van der Waals surface area contributed by atoms with Gasteiger partial charge < -0.3 is 5.32 Å². The Bertz CT molecular complexity index is 539. The van der Waals surface area contributed by atoms with Crippen molar-refractivity contribution in [2.75, 3.05) is 11.9 Å². The molecular weight excluding hydrogens is 216 g/mol. The van der Waals surface area contributed by atoms with E-state index >= 15 is 0 Å². The molecule has 0 aromatic carbocycles. The number of nitrogens with zero attached hydrogens (tertiary/aromatic N) is 5. The lowest BCUT2D eigenvalue weighted by Gasteiger charge is -2.04. The van der Waals surface area contributed by atoms with Crippen LogP contribution in [0.2, 0.25) is 0 Å². The molecule has 17 heavy (non-hydrogen) atoms. The summed E-state index contributed by atoms with van der Waals surface area (Å²) in [5.74, 6) is 0.527. The zero-order chi connectivity index (χ0) is 12.1. The number of nitrogens with one attached hydrogen (secondary N) is 1. The van der Waals surface area contributed by atoms with Crippen molar-refractivity contribution < 1.29 is 0 Å². The summed E-state index contributed by atoms with van der Waals surface area (Å²) in [6, 6.07) is 2.00. The Morgan fingerprint density at radius 1 is 1.41 bits per heavy atom. The Morgan fingerprint density at radius 2 is 2.24 bits per heavy atom. The maximum atomic E-state index is 8.83. The second-order valence-electron chi connectivity index (χ2n) is 3.56. The number of hydrogen-bond donors (Lipinski definition) is 1. The third-order valence-corrected chi connectivity index (χ3v) is 2.27. The summed E-state index contributed by atoms with van der Waals surface area (Å²) in [5.41, 5.74) is 1.46. The lowest BCUT2D eigenvalue weighted by molar-refractivity contribution is 0.767. The maximum Gasteiger partial charge on any atom is 0.182 e. The van der Waals surface area contributed by atoms with Crippen molar-refractivity contribution in [1.82, 2.24) is 19.7 Å². The summed E-state index contributed by atoms with van der Waals surface area (Å²) in [6.07, 6.45) is 7.68. The van der Waals surface area contributed by atoms with Gasteiger partial charge in [-0.1, -0.05) is 0 Å². The molecular formula is C11H12N6. The molecule has 2 aromatic heterocycles. The largest absolute Gasteiger partial charge is 0.367 e. The molecule has 6 nitrogen and oxygen atoms in total. The van der Waals surface area contributed by atoms with E-state index < -0.39 is 0 Å². The van der Waals surface area contributed by atoms with Crippen LogP contribution >= 0.6 is 0 Å². The highest BCUT2D eigenvalue weighted by atomic mass is 15.2. The Labute approximate surface area is 98.9 Å². The van der Waals surface area contributed by atoms with E-state index in [2.05, 4.69) is 20.4 Å². The van der Waals surface area contributed by atoms with Gasteiger partial charge in [0.05, 0.1) is 6.20 Å². The molecule has 2 rings (SSSR count). The predicted octanol–water partition coefficient (Wildman–Crippen LogP) is 0.736. The number of rotatable bonds is 4. The van der Waals surface area contributed by atoms with E-state index in [-0.39, 0.29) is 0 Å². The monoisotopic (exact) mass is 228 g/mol. The molecule has 0 saturated carbocycles. The van der Waals surface area contributed by atoms with E-state index in [1.54, 1.807) is 10.9 Å². The highest BCUT2D eigenvalue weighted by Gasteiger charge is 2.03. The van der Waals surface area contributed by atoms with Gasteiger partial charge in [0.2, 0.25) is 0 Å². The topological polar surface area (TPSA) is 79.4 Å². The molecule has 0 saturated heterocycles. The Balaban J connectivity index is 1.92. The van der Waals surface area contributed by atoms with Gasteiger partial charge in [-0.25, -0.2) is 9.97 Å². The standard InChI is InChI=1S/C11H12N6/c1-17-8-9(7-16-17)2-3-14-11-10(6-12)13-4-5-15-11/h4-5,7-8H,2-3H2,1H3,(H,14,15). The molecule has 86 valence electrons. The van der Waals surface area contributed by atoms with Crippen LogP contribution in [0.1, 0.15) is 11.3 Å². The first-order chi connectivity index (χ1) is 8.29. The van der Waals surface area contributed by atoms with Crippen molar-refractivity contribution in [3.05, 3.63) is 36.0 Å². The Kier molecular flexibility index (Phi) is 3.31. The summed E-state index contributed by atoms with van der Waals surface area (Å²) < 4.78 is 1.76. The lowest BCUT2D eigenvalue weighted by Crippen LogP contribution is -2.08. The predicted molar refractivity (Wildman–Crippen MR) is 62.1 cm³/mol. The quantitative estimate of drug-likeness (QED) is 0.834. The van der Waals surface area contributed by atoms with Crippen LogP contribution < -0.4 is 5.32 Å². The van der Waals surface area contributed by atoms with Gasteiger partial charge in [-0.3, -0.25) is 4.68 Å². The second-order valence-corrected chi connectivity index (χ2v) is 3.56. The van der Waals surface area contributed by atoms with Gasteiger partial charge in [0.1, 0.15) is 6.07 Å². The van der Waals surface area contributed by atoms with E-state index in [0.29, 0.717) is 18.1 Å². The lowest BCUT2D eigenvalue weighted by atomic mass is 10.2. The molecule has 2 aromatic rings. The van der Waals surface area contributed by atoms with Gasteiger partial charge in [-0.2, -0.15) is 10.4 Å². The van der Waals surface area contributed by atoms with Crippen molar-refractivity contribution in [1.29, 1.82) is 5.26 Å². The molecule has 0 aliphatic carbocycles. The highest BCUT2D eigenvalue weighted by molar-refractivity contribution is 5.46. The van der Waals surface area contributed by atoms with Crippen LogP contribution in [0.4, 0.5) is 5.82 Å². The molecule has 0 bridgehead atoms. The van der Waals surface area contributed by atoms with Crippen molar-refractivity contribution in [3.8, 4) is 6.07 Å². The molecule has 2 heterocycles. The van der Waals surface area contributed by atoms with Gasteiger partial charge in [0.15, 0.2) is 11.5 Å². The first kappa shape index (κ1) is 11.1. The fourth-order valence-electron chi connectivity index (χ4n) is 1.48. The van der Waals surface area contributed by atoms with Crippen LogP contribution in [0, 0.1) is 11.3 Å². The van der Waals surface area contributed by atoms with Crippen LogP contribution in [0.15, 0.2) is 24.8 Å². The third-order valence-electron chi connectivity index (χ3n) is 2.27. The fourth-order valence-corrected chi connectivity index (χ4v) is 1.48. The number of aromatic nitrogens is 4. The first-order valence-electron chi connectivity index (χ1n) is 5.22. The normalized spacial score (nSPS) is 9.88. The molecule has 0 atom stereocenters. The third kappa shape index (κ3) is 2.78. The zero-order valence-corrected chi connectivity index (χ0v) is 9.46. The van der Waals surface area contributed by atoms with Gasteiger partial charge in [0.25, 0.3) is 0 Å². The van der Waals surface area contributed by atoms with Crippen LogP contribution in [0.5, 0.6) is 0 Å². The minimum atomic E-state index is 0.318. The van der Waals surface area contributed by atoms with E-state index in [1.807, 2.05) is 25.5 Å². The minimum absolute atomic E-state index is 0.318. The van der Waals surface area contributed by atoms with Crippen LogP contribution in [0.3, 0.4) is 0 Å². The molecule has 0 aliphatic heterocycles. The summed E-state index contributed by atoms with van der Waals surface area (Å²) in [4.78, 5) is 7.99. The number of nitriles is 1. The maximum absolute atomic E-state index is 8.83. The number of anilines is 1. The average Bonchev–Trinajstić information content (AvgIpc) is 2.76. The van der Waals surface area contributed by atoms with E-state index in [9.17, 15) is 0 Å². The zero-order valence-electron chi connectivity index (χ0n) is 9.46. The minimum Gasteiger partial charge on any atom is -0.367 e. The van der Waals surface area contributed by atoms with E-state index in [1.165, 1.54) is 6.20 Å². The number of hydrogen-bond acceptors (Lipinski definition) is 5. The van der Waals surface area contributed by atoms with Crippen molar-refractivity contribution >= 4 is 5.82 Å². The molecule has 1 N–H and O–H groups in total. The summed E-state index contributed by atoms with van der Waals surface area (Å²) in [6.45, 7) is 0.694. The average molecular weight is 228 g/mol. The smallest absolute Gasteiger partial charge is 0.182 e. The van der Waals surface area contributed by atoms with Crippen LogP contribution in [0.25, 0.3) is 0 Å². The summed E-state index contributed by atoms with van der Waals surface area (Å²) in [7, 11) is 1.88. The SMILES string of the molecule is Cn1cc(CCNc2nccnc2C#N)cn1. The summed E-state index contributed by atoms with van der Waals surface area (Å²) >= 11 is 0. The van der Waals surface area contributed by atoms with Crippen LogP contribution in [-0.2, 0) is 13.5 Å². The molecule has 0 amide bonds. The molecule has 0 aliphatic rings. The van der Waals surface area contributed by atoms with Crippen molar-refractivity contribution in [2.45, 2.75) is 6.42 Å². The fraction of sp³-hybridized carbons (Fsp3) is 0.273. The first-order valence-corrected chi connectivity index (χ1v) is 5.22. The number of aryl methyl sites for hydroxylation is 1. The van der Waals surface area contributed by atoms with Crippen molar-refractivity contribution in [3.63, 3.8) is 0 Å². The molecule has 0 spiro atoms. The molecule has 0 fully saturated rings.